The lowest BCUT2D eigenvalue weighted by molar-refractivity contribution is 0.0684. The lowest BCUT2D eigenvalue weighted by Gasteiger charge is -2.09. The van der Waals surface area contributed by atoms with Crippen molar-refractivity contribution in [2.75, 3.05) is 11.5 Å². The molecule has 0 saturated heterocycles. The minimum Gasteiger partial charge on any atom is -0.507 e. The molecule has 0 bridgehead atoms. The molecule has 5 aromatic rings. The number of hydrogen-bond donors (Lipinski definition) is 5. The number of hydrogen-bond acceptors (Lipinski definition) is 11. The summed E-state index contributed by atoms with van der Waals surface area (Å²) in [4.78, 5) is 22.5. The fourth-order valence-electron chi connectivity index (χ4n) is 4.24. The Morgan fingerprint density at radius 2 is 1.13 bits per heavy atom. The van der Waals surface area contributed by atoms with Crippen LogP contribution in [0, 0.1) is 6.92 Å². The predicted molar refractivity (Wildman–Crippen MR) is 173 cm³/mol. The number of carbonyl (C=O) groups is 2. The van der Waals surface area contributed by atoms with E-state index in [1.54, 1.807) is 49.4 Å². The molecular weight excluding hydrogens is 588 g/mol. The van der Waals surface area contributed by atoms with Crippen molar-refractivity contribution < 1.29 is 24.9 Å². The van der Waals surface area contributed by atoms with Gasteiger partial charge in [0.25, 0.3) is 0 Å². The van der Waals surface area contributed by atoms with E-state index in [0.29, 0.717) is 39.7 Å². The van der Waals surface area contributed by atoms with E-state index in [2.05, 4.69) is 30.7 Å². The average Bonchev–Trinajstić information content (AvgIpc) is 3.06. The highest BCUT2D eigenvalue weighted by Gasteiger charge is 2.13. The van der Waals surface area contributed by atoms with E-state index < -0.39 is 11.9 Å². The van der Waals surface area contributed by atoms with Crippen LogP contribution in [0.3, 0.4) is 0 Å². The monoisotopic (exact) mass is 614 g/mol. The van der Waals surface area contributed by atoms with Crippen molar-refractivity contribution in [3.8, 4) is 16.9 Å². The predicted octanol–water partition coefficient (Wildman–Crippen LogP) is 9.17. The van der Waals surface area contributed by atoms with Crippen LogP contribution >= 0.6 is 0 Å². The van der Waals surface area contributed by atoms with E-state index in [4.69, 9.17) is 16.6 Å². The normalized spacial score (nSPS) is 11.5. The molecule has 0 aliphatic rings. The van der Waals surface area contributed by atoms with Crippen molar-refractivity contribution in [1.29, 1.82) is 0 Å². The summed E-state index contributed by atoms with van der Waals surface area (Å²) < 4.78 is 0. The molecule has 0 unspecified atom stereocenters. The fourth-order valence-corrected chi connectivity index (χ4v) is 4.24. The summed E-state index contributed by atoms with van der Waals surface area (Å²) >= 11 is 0. The summed E-state index contributed by atoms with van der Waals surface area (Å²) in [5.41, 5.74) is 17.7. The summed E-state index contributed by atoms with van der Waals surface area (Å²) in [5.74, 6) is -2.68. The number of aromatic hydroxyl groups is 1. The van der Waals surface area contributed by atoms with Gasteiger partial charge < -0.3 is 26.8 Å². The molecule has 0 aromatic heterocycles. The SMILES string of the molecule is Cc1cc(N=Nc2ccc(-c3ccc(N=Nc4ccc(O)c(C(=O)O)c4)cc3)cc2)c(N)c(N=Nc2cccc(C(=O)O)c2)c1N. The van der Waals surface area contributed by atoms with Gasteiger partial charge in [0.15, 0.2) is 0 Å². The standard InChI is InChI=1S/C33H26N8O5/c1-18-15-27(30(35)31(29(18)34)41-39-24-4-2-3-21(16-24)32(43)44)40-37-23-11-7-20(8-12-23)19-5-9-22(10-6-19)36-38-25-13-14-28(42)26(17-25)33(45)46/h2-17,42H,34-35H2,1H3,(H,43,44)(H,45,46). The maximum Gasteiger partial charge on any atom is 0.339 e. The van der Waals surface area contributed by atoms with E-state index in [9.17, 15) is 19.8 Å². The number of benzene rings is 5. The van der Waals surface area contributed by atoms with Crippen molar-refractivity contribution in [2.24, 2.45) is 30.7 Å². The largest absolute Gasteiger partial charge is 0.507 e. The van der Waals surface area contributed by atoms with Crippen LogP contribution in [-0.4, -0.2) is 27.3 Å². The molecule has 46 heavy (non-hydrogen) atoms. The van der Waals surface area contributed by atoms with Crippen LogP contribution in [0.2, 0.25) is 0 Å². The highest BCUT2D eigenvalue weighted by atomic mass is 16.4. The van der Waals surface area contributed by atoms with Crippen LogP contribution in [0.4, 0.5) is 45.5 Å². The number of nitrogens with two attached hydrogens (primary N) is 2. The maximum atomic E-state index is 11.3. The molecule has 0 aliphatic heterocycles. The Balaban J connectivity index is 1.29. The summed E-state index contributed by atoms with van der Waals surface area (Å²) in [5, 5.41) is 53.1. The number of phenols is 1. The van der Waals surface area contributed by atoms with Gasteiger partial charge in [0.05, 0.1) is 39.7 Å². The van der Waals surface area contributed by atoms with Gasteiger partial charge in [-0.2, -0.15) is 20.5 Å². The molecule has 0 heterocycles. The molecule has 5 rings (SSSR count). The zero-order valence-electron chi connectivity index (χ0n) is 24.2. The van der Waals surface area contributed by atoms with Crippen molar-refractivity contribution in [3.05, 3.63) is 114 Å². The van der Waals surface area contributed by atoms with Gasteiger partial charge in [-0.15, -0.1) is 10.2 Å². The fraction of sp³-hybridized carbons (Fsp3) is 0.0303. The van der Waals surface area contributed by atoms with Gasteiger partial charge in [-0.05, 0) is 90.3 Å². The summed E-state index contributed by atoms with van der Waals surface area (Å²) in [7, 11) is 0. The molecule has 7 N–H and O–H groups in total. The Bertz CT molecular complexity index is 2040. The average molecular weight is 615 g/mol. The topological polar surface area (TPSA) is 221 Å². The van der Waals surface area contributed by atoms with E-state index in [1.807, 2.05) is 24.3 Å². The highest BCUT2D eigenvalue weighted by Crippen LogP contribution is 2.41. The minimum atomic E-state index is -1.26. The molecule has 0 atom stereocenters. The molecule has 5 aromatic carbocycles. The van der Waals surface area contributed by atoms with Crippen molar-refractivity contribution in [1.82, 2.24) is 0 Å². The van der Waals surface area contributed by atoms with Crippen LogP contribution < -0.4 is 11.5 Å². The van der Waals surface area contributed by atoms with Gasteiger partial charge in [0.1, 0.15) is 22.7 Å². The second-order valence-electron chi connectivity index (χ2n) is 9.94. The summed E-state index contributed by atoms with van der Waals surface area (Å²) in [6.07, 6.45) is 0. The number of anilines is 2. The van der Waals surface area contributed by atoms with Gasteiger partial charge in [-0.25, -0.2) is 9.59 Å². The van der Waals surface area contributed by atoms with Gasteiger partial charge >= 0.3 is 11.9 Å². The molecule has 13 nitrogen and oxygen atoms in total. The lowest BCUT2D eigenvalue weighted by Crippen LogP contribution is -1.95. The number of rotatable bonds is 9. The Labute approximate surface area is 261 Å². The lowest BCUT2D eigenvalue weighted by atomic mass is 10.1. The molecular formula is C33H26N8O5. The number of azo groups is 3. The number of nitrogen functional groups attached to an aromatic ring is 2. The maximum absolute atomic E-state index is 11.3. The van der Waals surface area contributed by atoms with E-state index in [0.717, 1.165) is 11.1 Å². The second-order valence-corrected chi connectivity index (χ2v) is 9.94. The quantitative estimate of drug-likeness (QED) is 0.0798. The first kappa shape index (κ1) is 30.7. The second kappa shape index (κ2) is 13.3. The first-order valence-corrected chi connectivity index (χ1v) is 13.6. The van der Waals surface area contributed by atoms with E-state index in [1.165, 1.54) is 30.3 Å². The third kappa shape index (κ3) is 7.06. The smallest absolute Gasteiger partial charge is 0.339 e. The van der Waals surface area contributed by atoms with Crippen LogP contribution in [0.25, 0.3) is 11.1 Å². The van der Waals surface area contributed by atoms with Crippen LogP contribution in [-0.2, 0) is 0 Å². The number of carboxylic acids is 2. The van der Waals surface area contributed by atoms with Crippen LogP contribution in [0.15, 0.2) is 128 Å². The Hall–Kier alpha value is -6.76. The van der Waals surface area contributed by atoms with Crippen LogP contribution in [0.1, 0.15) is 26.3 Å². The summed E-state index contributed by atoms with van der Waals surface area (Å²) in [6, 6.07) is 26.3. The van der Waals surface area contributed by atoms with Crippen LogP contribution in [0.5, 0.6) is 5.75 Å². The Kier molecular flexibility index (Phi) is 8.85. The van der Waals surface area contributed by atoms with Crippen molar-refractivity contribution in [3.63, 3.8) is 0 Å². The first-order valence-electron chi connectivity index (χ1n) is 13.6. The third-order valence-electron chi connectivity index (χ3n) is 6.76. The van der Waals surface area contributed by atoms with Crippen molar-refractivity contribution in [2.45, 2.75) is 6.92 Å². The van der Waals surface area contributed by atoms with Crippen molar-refractivity contribution >= 4 is 57.4 Å². The molecule has 13 heteroatoms. The van der Waals surface area contributed by atoms with Gasteiger partial charge in [-0.3, -0.25) is 0 Å². The molecule has 0 spiro atoms. The molecule has 0 fully saturated rings. The third-order valence-corrected chi connectivity index (χ3v) is 6.76. The van der Waals surface area contributed by atoms with E-state index in [-0.39, 0.29) is 28.3 Å². The minimum absolute atomic E-state index is 0.0755. The Morgan fingerprint density at radius 1 is 0.587 bits per heavy atom. The molecule has 0 amide bonds. The highest BCUT2D eigenvalue weighted by molar-refractivity contribution is 5.92. The van der Waals surface area contributed by atoms with Gasteiger partial charge in [0, 0.05) is 0 Å². The molecule has 0 radical (unpaired) electrons. The first-order chi connectivity index (χ1) is 22.1. The summed E-state index contributed by atoms with van der Waals surface area (Å²) in [6.45, 7) is 1.78. The number of aromatic carboxylic acids is 2. The zero-order chi connectivity index (χ0) is 32.8. The number of carboxylic acid groups (broad SMARTS) is 2. The Morgan fingerprint density at radius 3 is 1.74 bits per heavy atom. The zero-order valence-corrected chi connectivity index (χ0v) is 24.2. The van der Waals surface area contributed by atoms with E-state index >= 15 is 0 Å². The number of aryl methyl sites for hydroxylation is 1. The van der Waals surface area contributed by atoms with Gasteiger partial charge in [0.2, 0.25) is 0 Å². The number of nitrogens with zero attached hydrogens (tertiary/aromatic N) is 6. The molecule has 0 saturated carbocycles. The molecule has 228 valence electrons. The molecule has 0 aliphatic carbocycles. The van der Waals surface area contributed by atoms with Gasteiger partial charge in [-0.1, -0.05) is 30.3 Å².